The number of nitrogens with two attached hydrogens (primary N) is 1. The van der Waals surface area contributed by atoms with Gasteiger partial charge in [-0.1, -0.05) is 59.6 Å². The number of nitrogens with zero attached hydrogens (tertiary/aromatic N) is 2. The summed E-state index contributed by atoms with van der Waals surface area (Å²) < 4.78 is 0. The summed E-state index contributed by atoms with van der Waals surface area (Å²) in [7, 11) is 0. The molecule has 2 aromatic carbocycles. The van der Waals surface area contributed by atoms with Gasteiger partial charge in [-0.2, -0.15) is 5.10 Å². The maximum atomic E-state index is 6.02. The van der Waals surface area contributed by atoms with E-state index in [0.717, 1.165) is 5.56 Å². The summed E-state index contributed by atoms with van der Waals surface area (Å²) in [5, 5.41) is 5.02. The van der Waals surface area contributed by atoms with Crippen LogP contribution in [0.2, 0.25) is 10.0 Å². The summed E-state index contributed by atoms with van der Waals surface area (Å²) >= 11 is 12.0. The lowest BCUT2D eigenvalue weighted by molar-refractivity contribution is 0.963. The Hall–Kier alpha value is -1.75. The molecule has 7 heteroatoms. The number of hydrogen-bond donors (Lipinski definition) is 2. The van der Waals surface area contributed by atoms with Crippen LogP contribution in [-0.4, -0.2) is 12.2 Å². The van der Waals surface area contributed by atoms with E-state index in [4.69, 9.17) is 28.9 Å². The summed E-state index contributed by atoms with van der Waals surface area (Å²) in [5.41, 5.74) is 10.1. The standard InChI is InChI=1S/C15H14Cl2N4.ClH/c16-13-7-4-8-14(17)12(13)10-20-21-15(18)19-9-11-5-2-1-3-6-11;/h1-8,10H,9H2,(H3,18,19,21);1H. The first-order valence-electron chi connectivity index (χ1n) is 6.24. The number of aliphatic imine (C=N–C) groups is 1. The van der Waals surface area contributed by atoms with Gasteiger partial charge in [0.2, 0.25) is 5.96 Å². The molecule has 0 unspecified atom stereocenters. The van der Waals surface area contributed by atoms with E-state index in [9.17, 15) is 0 Å². The largest absolute Gasteiger partial charge is 0.369 e. The maximum absolute atomic E-state index is 6.02. The summed E-state index contributed by atoms with van der Waals surface area (Å²) in [6.07, 6.45) is 1.51. The van der Waals surface area contributed by atoms with Crippen LogP contribution in [0.1, 0.15) is 11.1 Å². The Morgan fingerprint density at radius 1 is 1.05 bits per heavy atom. The highest BCUT2D eigenvalue weighted by atomic mass is 35.5. The molecular formula is C15H15Cl3N4. The van der Waals surface area contributed by atoms with Gasteiger partial charge in [0.05, 0.1) is 22.8 Å². The van der Waals surface area contributed by atoms with E-state index >= 15 is 0 Å². The number of guanidine groups is 1. The minimum absolute atomic E-state index is 0. The quantitative estimate of drug-likeness (QED) is 0.496. The van der Waals surface area contributed by atoms with E-state index in [-0.39, 0.29) is 18.4 Å². The van der Waals surface area contributed by atoms with Gasteiger partial charge in [0.15, 0.2) is 0 Å². The van der Waals surface area contributed by atoms with Crippen LogP contribution in [0.5, 0.6) is 0 Å². The zero-order valence-electron chi connectivity index (χ0n) is 11.5. The van der Waals surface area contributed by atoms with Crippen molar-refractivity contribution in [2.24, 2.45) is 15.8 Å². The van der Waals surface area contributed by atoms with E-state index < -0.39 is 0 Å². The van der Waals surface area contributed by atoms with Crippen LogP contribution in [0.4, 0.5) is 0 Å². The van der Waals surface area contributed by atoms with Crippen LogP contribution in [0.3, 0.4) is 0 Å². The second kappa shape index (κ2) is 9.30. The van der Waals surface area contributed by atoms with Gasteiger partial charge in [0.1, 0.15) is 0 Å². The smallest absolute Gasteiger partial charge is 0.209 e. The average Bonchev–Trinajstić information content (AvgIpc) is 2.49. The van der Waals surface area contributed by atoms with Crippen molar-refractivity contribution < 1.29 is 0 Å². The zero-order chi connectivity index (χ0) is 15.1. The first-order chi connectivity index (χ1) is 10.2. The number of benzene rings is 2. The predicted molar refractivity (Wildman–Crippen MR) is 96.2 cm³/mol. The normalized spacial score (nSPS) is 11.3. The molecule has 0 radical (unpaired) electrons. The first kappa shape index (κ1) is 18.3. The Morgan fingerprint density at radius 2 is 1.68 bits per heavy atom. The molecule has 2 aromatic rings. The summed E-state index contributed by atoms with van der Waals surface area (Å²) in [4.78, 5) is 4.17. The topological polar surface area (TPSA) is 62.8 Å². The summed E-state index contributed by atoms with van der Waals surface area (Å²) in [6, 6.07) is 15.0. The van der Waals surface area contributed by atoms with Crippen LogP contribution in [0.25, 0.3) is 0 Å². The molecule has 0 bridgehead atoms. The molecule has 0 aliphatic carbocycles. The van der Waals surface area contributed by atoms with E-state index in [2.05, 4.69) is 15.5 Å². The van der Waals surface area contributed by atoms with E-state index in [1.165, 1.54) is 6.21 Å². The monoisotopic (exact) mass is 356 g/mol. The highest BCUT2D eigenvalue weighted by molar-refractivity contribution is 6.38. The molecule has 116 valence electrons. The summed E-state index contributed by atoms with van der Waals surface area (Å²) in [6.45, 7) is 0.488. The molecule has 0 saturated carbocycles. The van der Waals surface area contributed by atoms with Gasteiger partial charge in [-0.05, 0) is 17.7 Å². The van der Waals surface area contributed by atoms with Crippen LogP contribution in [0, 0.1) is 0 Å². The second-order valence-electron chi connectivity index (χ2n) is 4.19. The molecule has 2 rings (SSSR count). The minimum atomic E-state index is 0. The van der Waals surface area contributed by atoms with Crippen molar-refractivity contribution in [1.82, 2.24) is 5.43 Å². The molecule has 0 saturated heterocycles. The highest BCUT2D eigenvalue weighted by Crippen LogP contribution is 2.21. The Bertz CT molecular complexity index is 637. The van der Waals surface area contributed by atoms with Gasteiger partial charge < -0.3 is 5.73 Å². The first-order valence-corrected chi connectivity index (χ1v) is 6.99. The van der Waals surface area contributed by atoms with Crippen molar-refractivity contribution in [2.75, 3.05) is 0 Å². The molecule has 0 aliphatic heterocycles. The molecule has 4 nitrogen and oxygen atoms in total. The predicted octanol–water partition coefficient (Wildman–Crippen LogP) is 3.85. The maximum Gasteiger partial charge on any atom is 0.209 e. The fourth-order valence-corrected chi connectivity index (χ4v) is 2.09. The van der Waals surface area contributed by atoms with Gasteiger partial charge in [0, 0.05) is 5.56 Å². The highest BCUT2D eigenvalue weighted by Gasteiger charge is 2.01. The van der Waals surface area contributed by atoms with Crippen molar-refractivity contribution in [3.63, 3.8) is 0 Å². The Kier molecular flexibility index (Phi) is 7.74. The Labute approximate surface area is 145 Å². The lowest BCUT2D eigenvalue weighted by Crippen LogP contribution is -2.27. The number of halogens is 3. The second-order valence-corrected chi connectivity index (χ2v) is 5.01. The van der Waals surface area contributed by atoms with Gasteiger partial charge in [-0.3, -0.25) is 0 Å². The summed E-state index contributed by atoms with van der Waals surface area (Å²) in [5.74, 6) is 0.221. The van der Waals surface area contributed by atoms with Gasteiger partial charge in [-0.25, -0.2) is 10.4 Å². The lowest BCUT2D eigenvalue weighted by atomic mass is 10.2. The van der Waals surface area contributed by atoms with Crippen molar-refractivity contribution >= 4 is 47.8 Å². The van der Waals surface area contributed by atoms with Gasteiger partial charge in [-0.15, -0.1) is 12.4 Å². The third kappa shape index (κ3) is 5.56. The van der Waals surface area contributed by atoms with Gasteiger partial charge in [0.25, 0.3) is 0 Å². The van der Waals surface area contributed by atoms with Gasteiger partial charge >= 0.3 is 0 Å². The molecular weight excluding hydrogens is 343 g/mol. The SMILES string of the molecule is Cl.NC(=NCc1ccccc1)NN=Cc1c(Cl)cccc1Cl. The van der Waals surface area contributed by atoms with Crippen molar-refractivity contribution in [2.45, 2.75) is 6.54 Å². The molecule has 0 aromatic heterocycles. The molecule has 3 N–H and O–H groups in total. The van der Waals surface area contributed by atoms with E-state index in [1.807, 2.05) is 30.3 Å². The Morgan fingerprint density at radius 3 is 2.32 bits per heavy atom. The fourth-order valence-electron chi connectivity index (χ4n) is 1.59. The molecule has 22 heavy (non-hydrogen) atoms. The number of nitrogens with one attached hydrogen (secondary N) is 1. The van der Waals surface area contributed by atoms with Crippen molar-refractivity contribution in [3.8, 4) is 0 Å². The van der Waals surface area contributed by atoms with E-state index in [1.54, 1.807) is 18.2 Å². The van der Waals surface area contributed by atoms with Crippen LogP contribution in [-0.2, 0) is 6.54 Å². The van der Waals surface area contributed by atoms with Crippen LogP contribution < -0.4 is 11.2 Å². The number of hydrogen-bond acceptors (Lipinski definition) is 2. The number of rotatable bonds is 4. The molecule has 0 atom stereocenters. The minimum Gasteiger partial charge on any atom is -0.369 e. The third-order valence-electron chi connectivity index (χ3n) is 2.65. The molecule has 0 fully saturated rings. The molecule has 0 amide bonds. The van der Waals surface area contributed by atoms with E-state index in [0.29, 0.717) is 22.2 Å². The zero-order valence-corrected chi connectivity index (χ0v) is 13.9. The van der Waals surface area contributed by atoms with Crippen LogP contribution >= 0.6 is 35.6 Å². The third-order valence-corrected chi connectivity index (χ3v) is 3.31. The van der Waals surface area contributed by atoms with Crippen molar-refractivity contribution in [3.05, 3.63) is 69.7 Å². The molecule has 0 heterocycles. The van der Waals surface area contributed by atoms with Crippen molar-refractivity contribution in [1.29, 1.82) is 0 Å². The average molecular weight is 358 g/mol. The molecule has 0 spiro atoms. The molecule has 0 aliphatic rings. The number of hydrazone groups is 1. The Balaban J connectivity index is 0.00000242. The fraction of sp³-hybridized carbons (Fsp3) is 0.0667. The lowest BCUT2D eigenvalue weighted by Gasteiger charge is -2.02. The van der Waals surface area contributed by atoms with Crippen LogP contribution in [0.15, 0.2) is 58.6 Å².